The van der Waals surface area contributed by atoms with Crippen LogP contribution in [0, 0.1) is 13.8 Å². The molecule has 0 aliphatic heterocycles. The van der Waals surface area contributed by atoms with Gasteiger partial charge in [-0.3, -0.25) is 13.9 Å². The lowest BCUT2D eigenvalue weighted by atomic mass is 10.1. The molecule has 0 radical (unpaired) electrons. The van der Waals surface area contributed by atoms with E-state index in [4.69, 9.17) is 4.74 Å². The average Bonchev–Trinajstić information content (AvgIpc) is 2.95. The highest BCUT2D eigenvalue weighted by molar-refractivity contribution is 7.92. The first-order chi connectivity index (χ1) is 19.1. The second kappa shape index (κ2) is 14.0. The number of anilines is 1. The third-order valence-electron chi connectivity index (χ3n) is 6.78. The lowest BCUT2D eigenvalue weighted by Gasteiger charge is -2.32. The zero-order chi connectivity index (χ0) is 29.3. The number of carbonyl (C=O) groups excluding carboxylic acids is 2. The maximum absolute atomic E-state index is 14.0. The number of nitrogens with one attached hydrogen (secondary N) is 1. The van der Waals surface area contributed by atoms with E-state index in [9.17, 15) is 18.0 Å². The molecule has 0 unspecified atom stereocenters. The quantitative estimate of drug-likeness (QED) is 0.299. The summed E-state index contributed by atoms with van der Waals surface area (Å²) in [4.78, 5) is 28.6. The van der Waals surface area contributed by atoms with E-state index in [-0.39, 0.29) is 17.3 Å². The summed E-state index contributed by atoms with van der Waals surface area (Å²) in [5.41, 5.74) is 2.82. The van der Waals surface area contributed by atoms with Crippen LogP contribution < -0.4 is 14.4 Å². The first kappa shape index (κ1) is 30.7. The van der Waals surface area contributed by atoms with Gasteiger partial charge in [0.2, 0.25) is 11.8 Å². The molecule has 0 spiro atoms. The van der Waals surface area contributed by atoms with Gasteiger partial charge in [-0.2, -0.15) is 0 Å². The minimum Gasteiger partial charge on any atom is -0.497 e. The minimum absolute atomic E-state index is 0.0845. The molecule has 1 atom stereocenters. The monoisotopic (exact) mass is 565 g/mol. The van der Waals surface area contributed by atoms with Crippen LogP contribution in [-0.4, -0.2) is 51.4 Å². The highest BCUT2D eigenvalue weighted by atomic mass is 32.2. The molecule has 1 N–H and O–H groups in total. The fraction of sp³-hybridized carbons (Fsp3) is 0.355. The van der Waals surface area contributed by atoms with Crippen LogP contribution in [0.2, 0.25) is 0 Å². The number of hydrogen-bond acceptors (Lipinski definition) is 5. The molecule has 8 nitrogen and oxygen atoms in total. The normalized spacial score (nSPS) is 11.9. The number of para-hydroxylation sites is 1. The van der Waals surface area contributed by atoms with E-state index in [1.54, 1.807) is 75.6 Å². The number of nitrogens with zero attached hydrogens (tertiary/aromatic N) is 2. The van der Waals surface area contributed by atoms with Gasteiger partial charge in [-0.1, -0.05) is 61.4 Å². The van der Waals surface area contributed by atoms with Gasteiger partial charge in [0, 0.05) is 13.1 Å². The SMILES string of the molecule is CCCCNC(=O)[C@H](C)N(Cc1ccc(OC)cc1)C(=O)CN(c1ccccc1C)S(=O)(=O)c1ccc(C)cc1. The molecule has 0 aromatic heterocycles. The van der Waals surface area contributed by atoms with Gasteiger partial charge < -0.3 is 15.0 Å². The number of methoxy groups -OCH3 is 1. The molecule has 3 rings (SSSR count). The van der Waals surface area contributed by atoms with Crippen molar-refractivity contribution < 1.29 is 22.7 Å². The van der Waals surface area contributed by atoms with Gasteiger partial charge in [0.1, 0.15) is 18.3 Å². The van der Waals surface area contributed by atoms with Crippen molar-refractivity contribution in [3.05, 3.63) is 89.5 Å². The number of amides is 2. The average molecular weight is 566 g/mol. The van der Waals surface area contributed by atoms with Crippen LogP contribution in [0.1, 0.15) is 43.4 Å². The molecule has 0 fully saturated rings. The highest BCUT2D eigenvalue weighted by Crippen LogP contribution is 2.27. The Morgan fingerprint density at radius 2 is 1.60 bits per heavy atom. The maximum Gasteiger partial charge on any atom is 0.264 e. The zero-order valence-electron chi connectivity index (χ0n) is 23.9. The number of benzene rings is 3. The number of unbranched alkanes of at least 4 members (excludes halogenated alkanes) is 1. The number of carbonyl (C=O) groups is 2. The Morgan fingerprint density at radius 3 is 2.20 bits per heavy atom. The summed E-state index contributed by atoms with van der Waals surface area (Å²) >= 11 is 0. The van der Waals surface area contributed by atoms with E-state index in [0.29, 0.717) is 23.5 Å². The Labute approximate surface area is 238 Å². The van der Waals surface area contributed by atoms with Crippen LogP contribution in [0.4, 0.5) is 5.69 Å². The van der Waals surface area contributed by atoms with Crippen molar-refractivity contribution in [3.8, 4) is 5.75 Å². The lowest BCUT2D eigenvalue weighted by molar-refractivity contribution is -0.139. The van der Waals surface area contributed by atoms with Gasteiger partial charge >= 0.3 is 0 Å². The maximum atomic E-state index is 14.0. The molecule has 0 heterocycles. The van der Waals surface area contributed by atoms with E-state index in [1.807, 2.05) is 32.0 Å². The minimum atomic E-state index is -4.10. The number of sulfonamides is 1. The molecular weight excluding hydrogens is 526 g/mol. The Bertz CT molecular complexity index is 1390. The smallest absolute Gasteiger partial charge is 0.264 e. The van der Waals surface area contributed by atoms with Crippen molar-refractivity contribution >= 4 is 27.5 Å². The summed E-state index contributed by atoms with van der Waals surface area (Å²) in [6.45, 7) is 7.53. The van der Waals surface area contributed by atoms with Crippen molar-refractivity contribution in [2.45, 2.75) is 58.0 Å². The predicted octanol–water partition coefficient (Wildman–Crippen LogP) is 4.84. The van der Waals surface area contributed by atoms with Crippen molar-refractivity contribution in [1.29, 1.82) is 0 Å². The number of hydrogen-bond donors (Lipinski definition) is 1. The van der Waals surface area contributed by atoms with Crippen LogP contribution in [-0.2, 0) is 26.2 Å². The molecule has 3 aromatic carbocycles. The molecule has 0 aliphatic rings. The largest absolute Gasteiger partial charge is 0.497 e. The number of rotatable bonds is 13. The first-order valence-corrected chi connectivity index (χ1v) is 14.9. The van der Waals surface area contributed by atoms with Gasteiger partial charge in [-0.15, -0.1) is 0 Å². The van der Waals surface area contributed by atoms with E-state index in [1.165, 1.54) is 4.90 Å². The van der Waals surface area contributed by atoms with E-state index in [2.05, 4.69) is 5.32 Å². The Kier molecular flexibility index (Phi) is 10.7. The van der Waals surface area contributed by atoms with Crippen molar-refractivity contribution in [2.24, 2.45) is 0 Å². The summed E-state index contributed by atoms with van der Waals surface area (Å²) in [5, 5.41) is 2.89. The van der Waals surface area contributed by atoms with E-state index in [0.717, 1.165) is 28.3 Å². The van der Waals surface area contributed by atoms with E-state index >= 15 is 0 Å². The first-order valence-electron chi connectivity index (χ1n) is 13.4. The summed E-state index contributed by atoms with van der Waals surface area (Å²) in [6.07, 6.45) is 1.74. The molecule has 0 saturated heterocycles. The third-order valence-corrected chi connectivity index (χ3v) is 8.55. The highest BCUT2D eigenvalue weighted by Gasteiger charge is 2.33. The summed E-state index contributed by atoms with van der Waals surface area (Å²) in [5.74, 6) is -0.117. The van der Waals surface area contributed by atoms with Gasteiger partial charge in [0.15, 0.2) is 0 Å². The van der Waals surface area contributed by atoms with Crippen LogP contribution in [0.3, 0.4) is 0 Å². The summed E-state index contributed by atoms with van der Waals surface area (Å²) in [6, 6.07) is 20.0. The number of ether oxygens (including phenoxy) is 1. The van der Waals surface area contributed by atoms with Crippen molar-refractivity contribution in [3.63, 3.8) is 0 Å². The zero-order valence-corrected chi connectivity index (χ0v) is 24.7. The topological polar surface area (TPSA) is 96.0 Å². The van der Waals surface area contributed by atoms with E-state index < -0.39 is 28.5 Å². The second-order valence-corrected chi connectivity index (χ2v) is 11.7. The van der Waals surface area contributed by atoms with Crippen LogP contribution >= 0.6 is 0 Å². The fourth-order valence-corrected chi connectivity index (χ4v) is 5.72. The second-order valence-electron chi connectivity index (χ2n) is 9.80. The summed E-state index contributed by atoms with van der Waals surface area (Å²) < 4.78 is 34.2. The molecule has 3 aromatic rings. The van der Waals surface area contributed by atoms with Crippen molar-refractivity contribution in [1.82, 2.24) is 10.2 Å². The molecule has 0 saturated carbocycles. The molecule has 2 amide bonds. The molecule has 214 valence electrons. The van der Waals surface area contributed by atoms with Crippen LogP contribution in [0.25, 0.3) is 0 Å². The molecule has 0 aliphatic carbocycles. The fourth-order valence-electron chi connectivity index (χ4n) is 4.24. The Hall–Kier alpha value is -3.85. The summed E-state index contributed by atoms with van der Waals surface area (Å²) in [7, 11) is -2.53. The molecule has 9 heteroatoms. The van der Waals surface area contributed by atoms with Crippen molar-refractivity contribution in [2.75, 3.05) is 24.5 Å². The third kappa shape index (κ3) is 7.63. The standard InChI is InChI=1S/C31H39N3O5S/c1-6-7-20-32-31(36)25(4)33(21-26-14-16-27(39-5)17-15-26)30(35)22-34(29-11-9-8-10-24(29)3)40(37,38)28-18-12-23(2)13-19-28/h8-19,25H,6-7,20-22H2,1-5H3,(H,32,36)/t25-/m0/s1. The number of aryl methyl sites for hydroxylation is 2. The molecule has 40 heavy (non-hydrogen) atoms. The van der Waals surface area contributed by atoms with Gasteiger partial charge in [0.25, 0.3) is 10.0 Å². The molecular formula is C31H39N3O5S. The predicted molar refractivity (Wildman–Crippen MR) is 158 cm³/mol. The Balaban J connectivity index is 2.00. The Morgan fingerprint density at radius 1 is 0.950 bits per heavy atom. The van der Waals surface area contributed by atoms with Gasteiger partial charge in [-0.05, 0) is 68.7 Å². The van der Waals surface area contributed by atoms with Gasteiger partial charge in [-0.25, -0.2) is 8.42 Å². The van der Waals surface area contributed by atoms with Crippen LogP contribution in [0.5, 0.6) is 5.75 Å². The van der Waals surface area contributed by atoms with Crippen LogP contribution in [0.15, 0.2) is 77.7 Å². The lowest BCUT2D eigenvalue weighted by Crippen LogP contribution is -2.51. The molecule has 0 bridgehead atoms. The van der Waals surface area contributed by atoms with Gasteiger partial charge in [0.05, 0.1) is 17.7 Å².